The monoisotopic (exact) mass is 285 g/mol. The van der Waals surface area contributed by atoms with Crippen LogP contribution in [0.4, 0.5) is 5.82 Å². The first kappa shape index (κ1) is 14.3. The highest BCUT2D eigenvalue weighted by molar-refractivity contribution is 5.57. The van der Waals surface area contributed by atoms with Gasteiger partial charge in [-0.2, -0.15) is 10.4 Å². The molecule has 2 heterocycles. The zero-order valence-corrected chi connectivity index (χ0v) is 12.9. The Hall–Kier alpha value is -1.67. The number of aryl methyl sites for hydroxylation is 1. The van der Waals surface area contributed by atoms with E-state index in [0.717, 1.165) is 42.6 Å². The molecule has 2 fully saturated rings. The maximum atomic E-state index is 9.52. The second-order valence-corrected chi connectivity index (χ2v) is 6.36. The molecule has 21 heavy (non-hydrogen) atoms. The highest BCUT2D eigenvalue weighted by Crippen LogP contribution is 2.32. The Morgan fingerprint density at radius 2 is 2.05 bits per heavy atom. The molecule has 0 bridgehead atoms. The van der Waals surface area contributed by atoms with Gasteiger partial charge in [0, 0.05) is 19.1 Å². The van der Waals surface area contributed by atoms with Gasteiger partial charge < -0.3 is 10.2 Å². The van der Waals surface area contributed by atoms with E-state index >= 15 is 0 Å². The van der Waals surface area contributed by atoms with Crippen LogP contribution in [-0.2, 0) is 0 Å². The Labute approximate surface area is 126 Å². The van der Waals surface area contributed by atoms with E-state index in [1.165, 1.54) is 25.7 Å². The number of nitriles is 1. The van der Waals surface area contributed by atoms with Gasteiger partial charge in [0.25, 0.3) is 0 Å². The molecule has 1 aliphatic carbocycles. The molecule has 112 valence electrons. The van der Waals surface area contributed by atoms with Crippen LogP contribution in [0.5, 0.6) is 0 Å². The van der Waals surface area contributed by atoms with Crippen molar-refractivity contribution in [1.29, 1.82) is 5.26 Å². The second kappa shape index (κ2) is 5.98. The predicted octanol–water partition coefficient (Wildman–Crippen LogP) is 1.93. The minimum atomic E-state index is 0.513. The van der Waals surface area contributed by atoms with Gasteiger partial charge in [-0.3, -0.25) is 0 Å². The minimum Gasteiger partial charge on any atom is -0.352 e. The first-order valence-corrected chi connectivity index (χ1v) is 7.91. The normalized spacial score (nSPS) is 21.3. The standard InChI is InChI=1S/C16H23N5/c1-11-12(2)19-20-16(15(11)8-17)21(9-13-5-6-13)10-14-4-3-7-18-14/h13-14,18H,3-7,9-10H2,1-2H3. The molecule has 3 rings (SSSR count). The average Bonchev–Trinajstić information content (AvgIpc) is 3.14. The quantitative estimate of drug-likeness (QED) is 0.895. The summed E-state index contributed by atoms with van der Waals surface area (Å²) in [6, 6.07) is 2.85. The van der Waals surface area contributed by atoms with E-state index in [1.807, 2.05) is 13.8 Å². The molecule has 5 heteroatoms. The molecule has 0 amide bonds. The fraction of sp³-hybridized carbons (Fsp3) is 0.688. The van der Waals surface area contributed by atoms with Crippen LogP contribution >= 0.6 is 0 Å². The molecule has 1 unspecified atom stereocenters. The van der Waals surface area contributed by atoms with E-state index in [4.69, 9.17) is 0 Å². The fourth-order valence-electron chi connectivity index (χ4n) is 2.99. The van der Waals surface area contributed by atoms with Crippen molar-refractivity contribution in [2.45, 2.75) is 45.6 Å². The predicted molar refractivity (Wildman–Crippen MR) is 82.2 cm³/mol. The average molecular weight is 285 g/mol. The van der Waals surface area contributed by atoms with Crippen molar-refractivity contribution in [3.8, 4) is 6.07 Å². The van der Waals surface area contributed by atoms with Crippen molar-refractivity contribution in [1.82, 2.24) is 15.5 Å². The third-order valence-corrected chi connectivity index (χ3v) is 4.63. The number of anilines is 1. The van der Waals surface area contributed by atoms with Crippen LogP contribution in [0.15, 0.2) is 0 Å². The lowest BCUT2D eigenvalue weighted by Crippen LogP contribution is -2.39. The van der Waals surface area contributed by atoms with E-state index < -0.39 is 0 Å². The van der Waals surface area contributed by atoms with Gasteiger partial charge in [-0.05, 0) is 57.6 Å². The molecule has 1 saturated carbocycles. The molecular weight excluding hydrogens is 262 g/mol. The summed E-state index contributed by atoms with van der Waals surface area (Å²) in [6.07, 6.45) is 5.05. The molecule has 5 nitrogen and oxygen atoms in total. The Balaban J connectivity index is 1.87. The first-order valence-electron chi connectivity index (χ1n) is 7.91. The van der Waals surface area contributed by atoms with Crippen molar-refractivity contribution in [2.75, 3.05) is 24.5 Å². The zero-order chi connectivity index (χ0) is 14.8. The maximum Gasteiger partial charge on any atom is 0.169 e. The van der Waals surface area contributed by atoms with Crippen LogP contribution in [0.3, 0.4) is 0 Å². The van der Waals surface area contributed by atoms with Gasteiger partial charge in [-0.25, -0.2) is 0 Å². The molecule has 1 aromatic heterocycles. The minimum absolute atomic E-state index is 0.513. The molecule has 1 atom stereocenters. The number of nitrogens with one attached hydrogen (secondary N) is 1. The maximum absolute atomic E-state index is 9.52. The Bertz CT molecular complexity index is 553. The lowest BCUT2D eigenvalue weighted by atomic mass is 10.1. The SMILES string of the molecule is Cc1nnc(N(CC2CC2)CC2CCCN2)c(C#N)c1C. The topological polar surface area (TPSA) is 64.8 Å². The van der Waals surface area contributed by atoms with E-state index in [-0.39, 0.29) is 0 Å². The molecule has 0 spiro atoms. The summed E-state index contributed by atoms with van der Waals surface area (Å²) in [5.74, 6) is 1.54. The first-order chi connectivity index (χ1) is 10.2. The van der Waals surface area contributed by atoms with Crippen molar-refractivity contribution in [3.63, 3.8) is 0 Å². The van der Waals surface area contributed by atoms with Crippen LogP contribution in [0.1, 0.15) is 42.5 Å². The molecule has 0 aromatic carbocycles. The molecule has 1 N–H and O–H groups in total. The number of rotatable bonds is 5. The number of hydrogen-bond acceptors (Lipinski definition) is 5. The Morgan fingerprint density at radius 1 is 1.24 bits per heavy atom. The number of aromatic nitrogens is 2. The third-order valence-electron chi connectivity index (χ3n) is 4.63. The van der Waals surface area contributed by atoms with Crippen LogP contribution in [0.2, 0.25) is 0 Å². The van der Waals surface area contributed by atoms with Gasteiger partial charge in [0.05, 0.1) is 5.69 Å². The van der Waals surface area contributed by atoms with Gasteiger partial charge in [0.2, 0.25) is 0 Å². The zero-order valence-electron chi connectivity index (χ0n) is 12.9. The summed E-state index contributed by atoms with van der Waals surface area (Å²) in [5.41, 5.74) is 2.50. The second-order valence-electron chi connectivity index (χ2n) is 6.36. The van der Waals surface area contributed by atoms with E-state index in [1.54, 1.807) is 0 Å². The van der Waals surface area contributed by atoms with Crippen LogP contribution in [-0.4, -0.2) is 35.9 Å². The summed E-state index contributed by atoms with van der Waals surface area (Å²) in [5, 5.41) is 21.7. The lowest BCUT2D eigenvalue weighted by Gasteiger charge is -2.27. The summed E-state index contributed by atoms with van der Waals surface area (Å²) >= 11 is 0. The Kier molecular flexibility index (Phi) is 4.07. The van der Waals surface area contributed by atoms with Crippen LogP contribution < -0.4 is 10.2 Å². The summed E-state index contributed by atoms with van der Waals surface area (Å²) in [6.45, 7) is 6.92. The summed E-state index contributed by atoms with van der Waals surface area (Å²) < 4.78 is 0. The third kappa shape index (κ3) is 3.16. The van der Waals surface area contributed by atoms with Crippen molar-refractivity contribution in [3.05, 3.63) is 16.8 Å². The fourth-order valence-corrected chi connectivity index (χ4v) is 2.99. The molecule has 1 aromatic rings. The molecule has 2 aliphatic rings. The van der Waals surface area contributed by atoms with Crippen molar-refractivity contribution in [2.24, 2.45) is 5.92 Å². The van der Waals surface area contributed by atoms with Gasteiger partial charge >= 0.3 is 0 Å². The van der Waals surface area contributed by atoms with E-state index in [9.17, 15) is 5.26 Å². The summed E-state index contributed by atoms with van der Waals surface area (Å²) in [7, 11) is 0. The number of hydrogen-bond donors (Lipinski definition) is 1. The highest BCUT2D eigenvalue weighted by Gasteiger charge is 2.29. The molecule has 1 aliphatic heterocycles. The van der Waals surface area contributed by atoms with E-state index in [2.05, 4.69) is 26.5 Å². The van der Waals surface area contributed by atoms with Crippen molar-refractivity contribution < 1.29 is 0 Å². The van der Waals surface area contributed by atoms with Crippen LogP contribution in [0.25, 0.3) is 0 Å². The van der Waals surface area contributed by atoms with Crippen molar-refractivity contribution >= 4 is 5.82 Å². The largest absolute Gasteiger partial charge is 0.352 e. The number of nitrogens with zero attached hydrogens (tertiary/aromatic N) is 4. The highest BCUT2D eigenvalue weighted by atomic mass is 15.3. The van der Waals surface area contributed by atoms with E-state index in [0.29, 0.717) is 11.6 Å². The van der Waals surface area contributed by atoms with Gasteiger partial charge in [-0.1, -0.05) is 0 Å². The smallest absolute Gasteiger partial charge is 0.169 e. The molecular formula is C16H23N5. The molecule has 0 radical (unpaired) electrons. The lowest BCUT2D eigenvalue weighted by molar-refractivity contribution is 0.564. The summed E-state index contributed by atoms with van der Waals surface area (Å²) in [4.78, 5) is 2.29. The van der Waals surface area contributed by atoms with Gasteiger partial charge in [0.15, 0.2) is 5.82 Å². The van der Waals surface area contributed by atoms with Crippen LogP contribution in [0, 0.1) is 31.1 Å². The molecule has 1 saturated heterocycles. The Morgan fingerprint density at radius 3 is 2.67 bits per heavy atom. The van der Waals surface area contributed by atoms with Gasteiger partial charge in [-0.15, -0.1) is 5.10 Å². The van der Waals surface area contributed by atoms with Gasteiger partial charge in [0.1, 0.15) is 11.6 Å².